The molecule has 0 aliphatic heterocycles. The summed E-state index contributed by atoms with van der Waals surface area (Å²) >= 11 is 7.39. The van der Waals surface area contributed by atoms with Crippen LogP contribution in [0.2, 0.25) is 5.02 Å². The molecule has 0 saturated carbocycles. The number of alkyl halides is 3. The Bertz CT molecular complexity index is 1050. The Hall–Kier alpha value is -1.98. The molecule has 1 N–H and O–H groups in total. The van der Waals surface area contributed by atoms with Crippen LogP contribution in [0.15, 0.2) is 42.5 Å². The van der Waals surface area contributed by atoms with E-state index in [4.69, 9.17) is 11.6 Å². The predicted molar refractivity (Wildman–Crippen MR) is 119 cm³/mol. The summed E-state index contributed by atoms with van der Waals surface area (Å²) < 4.78 is 77.4. The maximum atomic E-state index is 13.6. The van der Waals surface area contributed by atoms with Gasteiger partial charge in [-0.1, -0.05) is 29.8 Å². The molecule has 2 aromatic carbocycles. The molecule has 0 radical (unpaired) electrons. The molecule has 2 aromatic rings. The van der Waals surface area contributed by atoms with Gasteiger partial charge in [0.2, 0.25) is 15.9 Å². The molecule has 0 aromatic heterocycles. The summed E-state index contributed by atoms with van der Waals surface area (Å²) in [5.74, 6) is 0.103. The Labute approximate surface area is 193 Å². The Morgan fingerprint density at radius 3 is 2.50 bits per heavy atom. The van der Waals surface area contributed by atoms with Crippen LogP contribution < -0.4 is 9.62 Å². The molecule has 12 heteroatoms. The van der Waals surface area contributed by atoms with Crippen molar-refractivity contribution in [2.24, 2.45) is 0 Å². The number of hydrogen-bond acceptors (Lipinski definition) is 4. The van der Waals surface area contributed by atoms with Gasteiger partial charge in [-0.25, -0.2) is 12.8 Å². The summed E-state index contributed by atoms with van der Waals surface area (Å²) in [6.45, 7) is -0.501. The second kappa shape index (κ2) is 11.2. The van der Waals surface area contributed by atoms with E-state index in [2.05, 4.69) is 5.32 Å². The van der Waals surface area contributed by atoms with Gasteiger partial charge in [-0.2, -0.15) is 24.9 Å². The number of benzene rings is 2. The van der Waals surface area contributed by atoms with E-state index >= 15 is 0 Å². The summed E-state index contributed by atoms with van der Waals surface area (Å²) in [6.07, 6.45) is -3.39. The molecule has 0 unspecified atom stereocenters. The Morgan fingerprint density at radius 1 is 1.19 bits per heavy atom. The fourth-order valence-electron chi connectivity index (χ4n) is 2.65. The molecule has 2 rings (SSSR count). The molecular formula is C20H21ClF4N2O3S2. The number of anilines is 1. The Balaban J connectivity index is 1.92. The first-order valence-electron chi connectivity index (χ1n) is 9.32. The zero-order chi connectivity index (χ0) is 23.9. The minimum absolute atomic E-state index is 0.219. The van der Waals surface area contributed by atoms with Crippen LogP contribution in [-0.2, 0) is 26.7 Å². The second-order valence-corrected chi connectivity index (χ2v) is 10.2. The number of nitrogens with zero attached hydrogens (tertiary/aromatic N) is 1. The van der Waals surface area contributed by atoms with E-state index < -0.39 is 39.9 Å². The maximum absolute atomic E-state index is 13.6. The summed E-state index contributed by atoms with van der Waals surface area (Å²) in [4.78, 5) is 12.2. The van der Waals surface area contributed by atoms with E-state index in [-0.39, 0.29) is 17.4 Å². The lowest BCUT2D eigenvalue weighted by atomic mass is 10.2. The van der Waals surface area contributed by atoms with Gasteiger partial charge in [0.25, 0.3) is 0 Å². The van der Waals surface area contributed by atoms with Crippen molar-refractivity contribution >= 4 is 45.0 Å². The zero-order valence-corrected chi connectivity index (χ0v) is 19.3. The first-order valence-corrected chi connectivity index (χ1v) is 12.7. The van der Waals surface area contributed by atoms with E-state index in [9.17, 15) is 30.8 Å². The standard InChI is InChI=1S/C20H21ClF4N2O3S2/c1-32(29,30)27(18-11-15(20(23,24)25)7-8-16(18)21)12-19(28)26-9-4-10-31-13-14-5-2-3-6-17(14)22/h2-3,5-8,11H,4,9-10,12-13H2,1H3,(H,26,28). The fourth-order valence-corrected chi connectivity index (χ4v) is 4.72. The van der Waals surface area contributed by atoms with Crippen molar-refractivity contribution < 1.29 is 30.8 Å². The number of sulfonamides is 1. The quantitative estimate of drug-likeness (QED) is 0.370. The van der Waals surface area contributed by atoms with Gasteiger partial charge >= 0.3 is 6.18 Å². The van der Waals surface area contributed by atoms with Crippen molar-refractivity contribution in [1.29, 1.82) is 0 Å². The van der Waals surface area contributed by atoms with Crippen LogP contribution in [0, 0.1) is 5.82 Å². The van der Waals surface area contributed by atoms with E-state index in [1.165, 1.54) is 17.8 Å². The van der Waals surface area contributed by atoms with Crippen LogP contribution in [-0.4, -0.2) is 39.4 Å². The van der Waals surface area contributed by atoms with E-state index in [1.54, 1.807) is 18.2 Å². The van der Waals surface area contributed by atoms with Gasteiger partial charge in [0.15, 0.2) is 0 Å². The topological polar surface area (TPSA) is 66.5 Å². The van der Waals surface area contributed by atoms with Crippen molar-refractivity contribution in [2.45, 2.75) is 18.3 Å². The third-order valence-electron chi connectivity index (χ3n) is 4.23. The zero-order valence-electron chi connectivity index (χ0n) is 17.0. The van der Waals surface area contributed by atoms with Crippen molar-refractivity contribution in [1.82, 2.24) is 5.32 Å². The number of amides is 1. The molecule has 5 nitrogen and oxygen atoms in total. The largest absolute Gasteiger partial charge is 0.416 e. The molecule has 0 bridgehead atoms. The van der Waals surface area contributed by atoms with Crippen LogP contribution in [0.3, 0.4) is 0 Å². The molecule has 0 aliphatic rings. The van der Waals surface area contributed by atoms with Crippen molar-refractivity contribution in [2.75, 3.05) is 29.4 Å². The minimum Gasteiger partial charge on any atom is -0.354 e. The number of thioether (sulfide) groups is 1. The van der Waals surface area contributed by atoms with Crippen LogP contribution in [0.4, 0.5) is 23.2 Å². The molecule has 1 amide bonds. The SMILES string of the molecule is CS(=O)(=O)N(CC(=O)NCCCSCc1ccccc1F)c1cc(C(F)(F)F)ccc1Cl. The van der Waals surface area contributed by atoms with E-state index in [0.717, 1.165) is 18.4 Å². The lowest BCUT2D eigenvalue weighted by Crippen LogP contribution is -2.41. The second-order valence-electron chi connectivity index (χ2n) is 6.78. The highest BCUT2D eigenvalue weighted by molar-refractivity contribution is 7.98. The number of rotatable bonds is 10. The van der Waals surface area contributed by atoms with Gasteiger partial charge in [-0.3, -0.25) is 9.10 Å². The normalized spacial score (nSPS) is 11.9. The van der Waals surface area contributed by atoms with E-state index in [0.29, 0.717) is 33.9 Å². The molecule has 0 heterocycles. The highest BCUT2D eigenvalue weighted by atomic mass is 35.5. The lowest BCUT2D eigenvalue weighted by molar-refractivity contribution is -0.137. The lowest BCUT2D eigenvalue weighted by Gasteiger charge is -2.24. The summed E-state index contributed by atoms with van der Waals surface area (Å²) in [6, 6.07) is 8.65. The molecule has 0 aliphatic carbocycles. The molecule has 32 heavy (non-hydrogen) atoms. The summed E-state index contributed by atoms with van der Waals surface area (Å²) in [5.41, 5.74) is -0.944. The van der Waals surface area contributed by atoms with Crippen LogP contribution in [0.5, 0.6) is 0 Å². The predicted octanol–water partition coefficient (Wildman–Crippen LogP) is 4.70. The van der Waals surface area contributed by atoms with E-state index in [1.807, 2.05) is 0 Å². The van der Waals surface area contributed by atoms with Crippen LogP contribution in [0.1, 0.15) is 17.5 Å². The van der Waals surface area contributed by atoms with Crippen molar-refractivity contribution in [3.05, 3.63) is 64.4 Å². The van der Waals surface area contributed by atoms with Crippen LogP contribution in [0.25, 0.3) is 0 Å². The minimum atomic E-state index is -4.70. The van der Waals surface area contributed by atoms with Crippen molar-refractivity contribution in [3.63, 3.8) is 0 Å². The molecule has 0 atom stereocenters. The average Bonchev–Trinajstić information content (AvgIpc) is 2.69. The summed E-state index contributed by atoms with van der Waals surface area (Å²) in [7, 11) is -4.09. The number of hydrogen-bond donors (Lipinski definition) is 1. The molecule has 0 saturated heterocycles. The molecule has 0 spiro atoms. The third-order valence-corrected chi connectivity index (χ3v) is 6.77. The highest BCUT2D eigenvalue weighted by Crippen LogP contribution is 2.36. The van der Waals surface area contributed by atoms with Gasteiger partial charge in [0.1, 0.15) is 12.4 Å². The fraction of sp³-hybridized carbons (Fsp3) is 0.350. The summed E-state index contributed by atoms with van der Waals surface area (Å²) in [5, 5.41) is 2.30. The first-order chi connectivity index (χ1) is 14.9. The van der Waals surface area contributed by atoms with Gasteiger partial charge in [0, 0.05) is 12.3 Å². The number of nitrogens with one attached hydrogen (secondary N) is 1. The number of carbonyl (C=O) groups is 1. The highest BCUT2D eigenvalue weighted by Gasteiger charge is 2.33. The van der Waals surface area contributed by atoms with Gasteiger partial charge < -0.3 is 5.32 Å². The Kier molecular flexibility index (Phi) is 9.23. The smallest absolute Gasteiger partial charge is 0.354 e. The first kappa shape index (κ1) is 26.3. The monoisotopic (exact) mass is 512 g/mol. The third kappa shape index (κ3) is 7.86. The Morgan fingerprint density at radius 2 is 1.88 bits per heavy atom. The number of carbonyl (C=O) groups excluding carboxylic acids is 1. The molecule has 0 fully saturated rings. The molecular weight excluding hydrogens is 492 g/mol. The van der Waals surface area contributed by atoms with Crippen molar-refractivity contribution in [3.8, 4) is 0 Å². The maximum Gasteiger partial charge on any atom is 0.416 e. The average molecular weight is 513 g/mol. The van der Waals surface area contributed by atoms with Crippen LogP contribution >= 0.6 is 23.4 Å². The van der Waals surface area contributed by atoms with Gasteiger partial charge in [0.05, 0.1) is 22.5 Å². The molecule has 176 valence electrons. The van der Waals surface area contributed by atoms with Gasteiger partial charge in [-0.05, 0) is 42.0 Å². The van der Waals surface area contributed by atoms with Gasteiger partial charge in [-0.15, -0.1) is 0 Å². The number of halogens is 5.